The summed E-state index contributed by atoms with van der Waals surface area (Å²) in [7, 11) is -7.15. The summed E-state index contributed by atoms with van der Waals surface area (Å²) in [5, 5.41) is 0. The van der Waals surface area contributed by atoms with Gasteiger partial charge in [0.25, 0.3) is 0 Å². The van der Waals surface area contributed by atoms with Crippen LogP contribution in [0.3, 0.4) is 0 Å². The molecule has 3 atom stereocenters. The number of likely N-dealkylation sites (tertiary alicyclic amines) is 1. The van der Waals surface area contributed by atoms with Gasteiger partial charge >= 0.3 is 0 Å². The van der Waals surface area contributed by atoms with E-state index in [4.69, 9.17) is 0 Å². The molecule has 2 aliphatic rings. The van der Waals surface area contributed by atoms with E-state index in [-0.39, 0.29) is 15.8 Å². The summed E-state index contributed by atoms with van der Waals surface area (Å²) in [5.74, 6) is 0. The van der Waals surface area contributed by atoms with Gasteiger partial charge in [-0.15, -0.1) is 0 Å². The zero-order valence-electron chi connectivity index (χ0n) is 15.6. The van der Waals surface area contributed by atoms with Crippen molar-refractivity contribution in [1.82, 2.24) is 9.21 Å². The predicted molar refractivity (Wildman–Crippen MR) is 101 cm³/mol. The molecule has 1 aromatic carbocycles. The number of piperidine rings is 1. The molecule has 0 saturated carbocycles. The van der Waals surface area contributed by atoms with Crippen molar-refractivity contribution < 1.29 is 16.8 Å². The average Bonchev–Trinajstić information content (AvgIpc) is 2.93. The Kier molecular flexibility index (Phi) is 5.50. The Morgan fingerprint density at radius 3 is 2.19 bits per heavy atom. The molecule has 0 unspecified atom stereocenters. The van der Waals surface area contributed by atoms with Crippen LogP contribution in [0.15, 0.2) is 34.1 Å². The first kappa shape index (κ1) is 19.8. The molecule has 146 valence electrons. The molecule has 0 bridgehead atoms. The molecular formula is C18H28N2O4S2. The number of rotatable bonds is 4. The van der Waals surface area contributed by atoms with Gasteiger partial charge in [-0.05, 0) is 57.7 Å². The number of hydrogen-bond donors (Lipinski definition) is 0. The molecule has 2 aliphatic heterocycles. The fourth-order valence-corrected chi connectivity index (χ4v) is 6.64. The van der Waals surface area contributed by atoms with E-state index in [9.17, 15) is 16.8 Å². The van der Waals surface area contributed by atoms with Gasteiger partial charge in [-0.1, -0.05) is 6.07 Å². The zero-order chi connectivity index (χ0) is 19.1. The van der Waals surface area contributed by atoms with Crippen molar-refractivity contribution in [3.63, 3.8) is 0 Å². The van der Waals surface area contributed by atoms with Crippen molar-refractivity contribution in [2.75, 3.05) is 19.3 Å². The molecule has 0 aromatic heterocycles. The van der Waals surface area contributed by atoms with E-state index >= 15 is 0 Å². The van der Waals surface area contributed by atoms with Gasteiger partial charge in [0.2, 0.25) is 10.0 Å². The first-order chi connectivity index (χ1) is 12.1. The van der Waals surface area contributed by atoms with Crippen molar-refractivity contribution in [3.05, 3.63) is 24.3 Å². The number of benzene rings is 1. The highest BCUT2D eigenvalue weighted by Crippen LogP contribution is 2.31. The monoisotopic (exact) mass is 400 g/mol. The SMILES string of the molecule is C[C@@H]1CC[C@H](C)N1[C@H]1CCCN(S(=O)(=O)c2cccc(S(C)(=O)=O)c2)C1. The van der Waals surface area contributed by atoms with Gasteiger partial charge in [0, 0.05) is 37.5 Å². The summed E-state index contributed by atoms with van der Waals surface area (Å²) < 4.78 is 51.3. The summed E-state index contributed by atoms with van der Waals surface area (Å²) >= 11 is 0. The van der Waals surface area contributed by atoms with E-state index in [2.05, 4.69) is 18.7 Å². The lowest BCUT2D eigenvalue weighted by molar-refractivity contribution is 0.0979. The van der Waals surface area contributed by atoms with Crippen LogP contribution in [0.4, 0.5) is 0 Å². The molecule has 1 aromatic rings. The van der Waals surface area contributed by atoms with E-state index in [0.29, 0.717) is 25.2 Å². The van der Waals surface area contributed by atoms with E-state index in [0.717, 1.165) is 31.9 Å². The summed E-state index contributed by atoms with van der Waals surface area (Å²) in [6.07, 6.45) is 5.23. The van der Waals surface area contributed by atoms with Gasteiger partial charge in [0.1, 0.15) is 0 Å². The quantitative estimate of drug-likeness (QED) is 0.774. The Morgan fingerprint density at radius 1 is 0.962 bits per heavy atom. The molecule has 8 heteroatoms. The van der Waals surface area contributed by atoms with Crippen molar-refractivity contribution >= 4 is 19.9 Å². The minimum atomic E-state index is -3.70. The molecule has 26 heavy (non-hydrogen) atoms. The van der Waals surface area contributed by atoms with Gasteiger partial charge in [0.05, 0.1) is 9.79 Å². The maximum Gasteiger partial charge on any atom is 0.243 e. The van der Waals surface area contributed by atoms with Crippen molar-refractivity contribution in [1.29, 1.82) is 0 Å². The van der Waals surface area contributed by atoms with E-state index in [1.54, 1.807) is 0 Å². The van der Waals surface area contributed by atoms with Gasteiger partial charge in [-0.2, -0.15) is 4.31 Å². The molecule has 0 radical (unpaired) electrons. The van der Waals surface area contributed by atoms with Crippen LogP contribution in [0.2, 0.25) is 0 Å². The van der Waals surface area contributed by atoms with Crippen LogP contribution in [0, 0.1) is 0 Å². The minimum Gasteiger partial charge on any atom is -0.294 e. The van der Waals surface area contributed by atoms with E-state index < -0.39 is 19.9 Å². The molecule has 0 aliphatic carbocycles. The number of sulfone groups is 1. The highest BCUT2D eigenvalue weighted by Gasteiger charge is 2.38. The number of nitrogens with zero attached hydrogens (tertiary/aromatic N) is 2. The lowest BCUT2D eigenvalue weighted by Crippen LogP contribution is -2.52. The third-order valence-electron chi connectivity index (χ3n) is 5.67. The van der Waals surface area contributed by atoms with Crippen molar-refractivity contribution in [2.24, 2.45) is 0 Å². The van der Waals surface area contributed by atoms with Crippen LogP contribution in [-0.4, -0.2) is 63.5 Å². The van der Waals surface area contributed by atoms with E-state index in [1.807, 2.05) is 0 Å². The largest absolute Gasteiger partial charge is 0.294 e. The topological polar surface area (TPSA) is 74.8 Å². The van der Waals surface area contributed by atoms with Gasteiger partial charge in [-0.3, -0.25) is 4.90 Å². The van der Waals surface area contributed by atoms with Crippen molar-refractivity contribution in [3.8, 4) is 0 Å². The minimum absolute atomic E-state index is 0.0360. The Balaban J connectivity index is 1.86. The fourth-order valence-electron chi connectivity index (χ4n) is 4.33. The highest BCUT2D eigenvalue weighted by atomic mass is 32.2. The molecular weight excluding hydrogens is 372 g/mol. The first-order valence-electron chi connectivity index (χ1n) is 9.18. The van der Waals surface area contributed by atoms with Crippen molar-refractivity contribution in [2.45, 2.75) is 67.4 Å². The third-order valence-corrected chi connectivity index (χ3v) is 8.64. The van der Waals surface area contributed by atoms with Crippen LogP contribution in [0.1, 0.15) is 39.5 Å². The number of sulfonamides is 1. The third kappa shape index (κ3) is 3.83. The summed E-state index contributed by atoms with van der Waals surface area (Å²) in [5.41, 5.74) is 0. The van der Waals surface area contributed by atoms with Crippen LogP contribution in [-0.2, 0) is 19.9 Å². The smallest absolute Gasteiger partial charge is 0.243 e. The maximum atomic E-state index is 13.1. The second kappa shape index (κ2) is 7.22. The molecule has 0 amide bonds. The van der Waals surface area contributed by atoms with Gasteiger partial charge in [-0.25, -0.2) is 16.8 Å². The molecule has 2 heterocycles. The van der Waals surface area contributed by atoms with Gasteiger partial charge in [0.15, 0.2) is 9.84 Å². The maximum absolute atomic E-state index is 13.1. The molecule has 6 nitrogen and oxygen atoms in total. The normalized spacial score (nSPS) is 29.1. The summed E-state index contributed by atoms with van der Waals surface area (Å²) in [6, 6.07) is 6.86. The zero-order valence-corrected chi connectivity index (χ0v) is 17.3. The van der Waals surface area contributed by atoms with Crippen LogP contribution in [0.5, 0.6) is 0 Å². The van der Waals surface area contributed by atoms with Crippen LogP contribution < -0.4 is 0 Å². The van der Waals surface area contributed by atoms with Gasteiger partial charge < -0.3 is 0 Å². The Hall–Kier alpha value is -0.960. The lowest BCUT2D eigenvalue weighted by atomic mass is 10.0. The molecule has 0 spiro atoms. The first-order valence-corrected chi connectivity index (χ1v) is 12.5. The highest BCUT2D eigenvalue weighted by molar-refractivity contribution is 7.91. The Bertz CT molecular complexity index is 857. The molecule has 2 fully saturated rings. The number of hydrogen-bond acceptors (Lipinski definition) is 5. The predicted octanol–water partition coefficient (Wildman–Crippen LogP) is 2.12. The summed E-state index contributed by atoms with van der Waals surface area (Å²) in [4.78, 5) is 2.56. The molecule has 3 rings (SSSR count). The average molecular weight is 401 g/mol. The lowest BCUT2D eigenvalue weighted by Gasteiger charge is -2.41. The Morgan fingerprint density at radius 2 is 1.58 bits per heavy atom. The Labute approximate surface area is 157 Å². The second-order valence-corrected chi connectivity index (χ2v) is 11.6. The van der Waals surface area contributed by atoms with Crippen LogP contribution in [0.25, 0.3) is 0 Å². The van der Waals surface area contributed by atoms with Crippen LogP contribution >= 0.6 is 0 Å². The fraction of sp³-hybridized carbons (Fsp3) is 0.667. The second-order valence-electron chi connectivity index (χ2n) is 7.63. The standard InChI is InChI=1S/C18H28N2O4S2/c1-14-9-10-15(2)20(14)16-6-5-11-19(13-16)26(23,24)18-8-4-7-17(12-18)25(3,21)22/h4,7-8,12,14-16H,5-6,9-11,13H2,1-3H3/t14-,15+,16-/m0/s1. The van der Waals surface area contributed by atoms with E-state index in [1.165, 1.54) is 28.6 Å². The molecule has 2 saturated heterocycles. The summed E-state index contributed by atoms with van der Waals surface area (Å²) in [6.45, 7) is 5.39. The molecule has 0 N–H and O–H groups in total.